The van der Waals surface area contributed by atoms with Crippen LogP contribution < -0.4 is 0 Å². The summed E-state index contributed by atoms with van der Waals surface area (Å²) < 4.78 is 0. The average Bonchev–Trinajstić information content (AvgIpc) is 1.62. The summed E-state index contributed by atoms with van der Waals surface area (Å²) in [5, 5.41) is 20.7. The predicted octanol–water partition coefficient (Wildman–Crippen LogP) is 1.14. The van der Waals surface area contributed by atoms with Gasteiger partial charge in [0.2, 0.25) is 0 Å². The maximum atomic E-state index is 10.3. The van der Waals surface area contributed by atoms with Crippen molar-refractivity contribution < 1.29 is 10.1 Å². The highest BCUT2D eigenvalue weighted by molar-refractivity contribution is 4.53. The minimum absolute atomic E-state index is 0.243. The van der Waals surface area contributed by atoms with E-state index in [0.29, 0.717) is 0 Å². The maximum Gasteiger partial charge on any atom is 0.197 e. The van der Waals surface area contributed by atoms with Crippen LogP contribution in [-0.4, -0.2) is 15.6 Å². The maximum absolute atomic E-state index is 10.3. The van der Waals surface area contributed by atoms with Gasteiger partial charge in [0.25, 0.3) is 0 Å². The molecule has 0 aliphatic carbocycles. The fourth-order valence-electron chi connectivity index (χ4n) is 0.134. The molecule has 0 fully saturated rings. The highest BCUT2D eigenvalue weighted by Crippen LogP contribution is 2.04. The molecule has 4 nitrogen and oxygen atoms in total. The molecular formula is C4H10N2O2. The summed E-state index contributed by atoms with van der Waals surface area (Å²) >= 11 is 0. The molecule has 0 unspecified atom stereocenters. The second-order valence-corrected chi connectivity index (χ2v) is 2.53. The second kappa shape index (κ2) is 1.98. The minimum Gasteiger partial charge on any atom is -0.597 e. The molecule has 0 spiro atoms. The molecule has 0 saturated carbocycles. The third kappa shape index (κ3) is 1.77. The Bertz CT molecular complexity index is 103. The molecular weight excluding hydrogens is 108 g/mol. The normalized spacial score (nSPS) is 14.1. The number of nitrogens with zero attached hydrogens (tertiary/aromatic N) is 2. The number of hydrogen-bond donors (Lipinski definition) is 1. The van der Waals surface area contributed by atoms with Crippen LogP contribution in [0.25, 0.3) is 0 Å². The van der Waals surface area contributed by atoms with Crippen LogP contribution >= 0.6 is 0 Å². The number of hydrogen-bond acceptors (Lipinski definition) is 2. The number of rotatable bonds is 0. The van der Waals surface area contributed by atoms with E-state index in [1.807, 2.05) is 0 Å². The molecule has 0 aromatic heterocycles. The van der Waals surface area contributed by atoms with Gasteiger partial charge in [-0.15, -0.1) is 0 Å². The van der Waals surface area contributed by atoms with E-state index < -0.39 is 5.54 Å². The third-order valence-electron chi connectivity index (χ3n) is 0.655. The molecule has 0 amide bonds. The van der Waals surface area contributed by atoms with Crippen LogP contribution in [0, 0.1) is 5.21 Å². The topological polar surface area (TPSA) is 58.7 Å². The van der Waals surface area contributed by atoms with Gasteiger partial charge in [0.05, 0.1) is 0 Å². The van der Waals surface area contributed by atoms with Crippen molar-refractivity contribution in [3.63, 3.8) is 0 Å². The first-order valence-electron chi connectivity index (χ1n) is 2.31. The van der Waals surface area contributed by atoms with E-state index >= 15 is 0 Å². The van der Waals surface area contributed by atoms with E-state index in [1.54, 1.807) is 20.8 Å². The van der Waals surface area contributed by atoms with Crippen LogP contribution in [0.2, 0.25) is 0 Å². The minimum atomic E-state index is -0.630. The SMILES string of the molecule is CC(C)(C)[N+]([O-])=NO. The molecule has 0 atom stereocenters. The predicted molar refractivity (Wildman–Crippen MR) is 27.6 cm³/mol. The Morgan fingerprint density at radius 2 is 1.88 bits per heavy atom. The highest BCUT2D eigenvalue weighted by Gasteiger charge is 2.20. The monoisotopic (exact) mass is 118 g/mol. The van der Waals surface area contributed by atoms with Crippen LogP contribution in [0.4, 0.5) is 0 Å². The lowest BCUT2D eigenvalue weighted by Gasteiger charge is -2.11. The smallest absolute Gasteiger partial charge is 0.197 e. The molecule has 4 heteroatoms. The van der Waals surface area contributed by atoms with Crippen molar-refractivity contribution in [3.05, 3.63) is 5.21 Å². The van der Waals surface area contributed by atoms with E-state index in [-0.39, 0.29) is 4.86 Å². The van der Waals surface area contributed by atoms with Crippen molar-refractivity contribution >= 4 is 0 Å². The van der Waals surface area contributed by atoms with Gasteiger partial charge in [-0.05, 0) is 0 Å². The number of hydroxylamine groups is 1. The largest absolute Gasteiger partial charge is 0.597 e. The lowest BCUT2D eigenvalue weighted by Crippen LogP contribution is -2.26. The zero-order valence-corrected chi connectivity index (χ0v) is 5.25. The van der Waals surface area contributed by atoms with Crippen LogP contribution in [-0.2, 0) is 0 Å². The van der Waals surface area contributed by atoms with Crippen molar-refractivity contribution in [2.45, 2.75) is 26.3 Å². The van der Waals surface area contributed by atoms with Gasteiger partial charge < -0.3 is 10.4 Å². The Labute approximate surface area is 48.0 Å². The zero-order valence-electron chi connectivity index (χ0n) is 5.25. The van der Waals surface area contributed by atoms with Gasteiger partial charge in [0.1, 0.15) is 0 Å². The first kappa shape index (κ1) is 7.20. The van der Waals surface area contributed by atoms with Gasteiger partial charge in [-0.2, -0.15) is 0 Å². The molecule has 8 heavy (non-hydrogen) atoms. The molecule has 0 radical (unpaired) electrons. The van der Waals surface area contributed by atoms with Crippen molar-refractivity contribution in [1.82, 2.24) is 0 Å². The molecule has 0 rings (SSSR count). The summed E-state index contributed by atoms with van der Waals surface area (Å²) in [7, 11) is 0. The average molecular weight is 118 g/mol. The Balaban J connectivity index is 4.03. The van der Waals surface area contributed by atoms with E-state index in [4.69, 9.17) is 5.21 Å². The Morgan fingerprint density at radius 1 is 1.50 bits per heavy atom. The molecule has 0 aliphatic heterocycles. The van der Waals surface area contributed by atoms with Crippen LogP contribution in [0.15, 0.2) is 5.28 Å². The molecule has 0 aromatic rings. The molecule has 0 saturated heterocycles. The quantitative estimate of drug-likeness (QED) is 0.294. The Kier molecular flexibility index (Phi) is 1.78. The second-order valence-electron chi connectivity index (χ2n) is 2.53. The van der Waals surface area contributed by atoms with Crippen molar-refractivity contribution in [3.8, 4) is 0 Å². The van der Waals surface area contributed by atoms with Gasteiger partial charge in [0.15, 0.2) is 10.8 Å². The fraction of sp³-hybridized carbons (Fsp3) is 1.00. The summed E-state index contributed by atoms with van der Waals surface area (Å²) in [6.07, 6.45) is 0. The van der Waals surface area contributed by atoms with Gasteiger partial charge in [-0.3, -0.25) is 0 Å². The molecule has 0 heterocycles. The third-order valence-corrected chi connectivity index (χ3v) is 0.655. The lowest BCUT2D eigenvalue weighted by molar-refractivity contribution is -0.620. The Hall–Kier alpha value is -0.800. The molecule has 0 aliphatic rings. The highest BCUT2D eigenvalue weighted by atomic mass is 16.6. The standard InChI is InChI=1S/C4H10N2O2/c1-4(2,3)6(8)5-7/h7H,1-3H3. The van der Waals surface area contributed by atoms with E-state index in [9.17, 15) is 5.21 Å². The van der Waals surface area contributed by atoms with Gasteiger partial charge in [-0.25, -0.2) is 0 Å². The fourth-order valence-corrected chi connectivity index (χ4v) is 0.134. The van der Waals surface area contributed by atoms with Gasteiger partial charge >= 0.3 is 0 Å². The zero-order chi connectivity index (χ0) is 6.78. The first-order valence-corrected chi connectivity index (χ1v) is 2.31. The first-order chi connectivity index (χ1) is 3.48. The van der Waals surface area contributed by atoms with Crippen LogP contribution in [0.3, 0.4) is 0 Å². The molecule has 0 bridgehead atoms. The summed E-state index contributed by atoms with van der Waals surface area (Å²) in [6, 6.07) is 0. The molecule has 0 aromatic carbocycles. The Morgan fingerprint density at radius 3 is 1.88 bits per heavy atom. The van der Waals surface area contributed by atoms with E-state index in [1.165, 1.54) is 0 Å². The van der Waals surface area contributed by atoms with Crippen molar-refractivity contribution in [2.24, 2.45) is 5.28 Å². The van der Waals surface area contributed by atoms with Crippen LogP contribution in [0.1, 0.15) is 20.8 Å². The summed E-state index contributed by atoms with van der Waals surface area (Å²) in [5.74, 6) is 0. The van der Waals surface area contributed by atoms with E-state index in [0.717, 1.165) is 0 Å². The molecule has 48 valence electrons. The van der Waals surface area contributed by atoms with E-state index in [2.05, 4.69) is 5.28 Å². The van der Waals surface area contributed by atoms with Crippen molar-refractivity contribution in [2.75, 3.05) is 0 Å². The summed E-state index contributed by atoms with van der Waals surface area (Å²) in [4.78, 5) is 0.243. The van der Waals surface area contributed by atoms with Crippen LogP contribution in [0.5, 0.6) is 0 Å². The summed E-state index contributed by atoms with van der Waals surface area (Å²) in [5.41, 5.74) is -0.630. The van der Waals surface area contributed by atoms with Gasteiger partial charge in [0, 0.05) is 20.8 Å². The van der Waals surface area contributed by atoms with Gasteiger partial charge in [-0.1, -0.05) is 4.86 Å². The lowest BCUT2D eigenvalue weighted by atomic mass is 10.1. The summed E-state index contributed by atoms with van der Waals surface area (Å²) in [6.45, 7) is 4.96. The van der Waals surface area contributed by atoms with Crippen molar-refractivity contribution in [1.29, 1.82) is 0 Å². The molecule has 1 N–H and O–H groups in total.